The third-order valence-corrected chi connectivity index (χ3v) is 6.50. The number of thioether (sulfide) groups is 1. The number of anilines is 1. The van der Waals surface area contributed by atoms with Crippen LogP contribution in [-0.4, -0.2) is 28.9 Å². The van der Waals surface area contributed by atoms with Gasteiger partial charge in [-0.1, -0.05) is 78.4 Å². The van der Waals surface area contributed by atoms with Gasteiger partial charge in [0.2, 0.25) is 11.8 Å². The van der Waals surface area contributed by atoms with E-state index in [0.717, 1.165) is 22.4 Å². The highest BCUT2D eigenvalue weighted by atomic mass is 32.2. The second-order valence-corrected chi connectivity index (χ2v) is 9.29. The Morgan fingerprint density at radius 2 is 1.34 bits per heavy atom. The highest BCUT2D eigenvalue weighted by molar-refractivity contribution is 8.01. The molecule has 0 aliphatic carbocycles. The summed E-state index contributed by atoms with van der Waals surface area (Å²) < 4.78 is 0. The van der Waals surface area contributed by atoms with Crippen molar-refractivity contribution in [3.8, 4) is 0 Å². The third-order valence-electron chi connectivity index (χ3n) is 5.36. The van der Waals surface area contributed by atoms with Crippen LogP contribution in [0.25, 0.3) is 0 Å². The highest BCUT2D eigenvalue weighted by Crippen LogP contribution is 2.28. The normalized spacial score (nSPS) is 12.8. The number of carbonyl (C=O) groups is 2. The molecule has 0 radical (unpaired) electrons. The molecule has 2 atom stereocenters. The maximum atomic E-state index is 12.9. The molecule has 4 nitrogen and oxygen atoms in total. The summed E-state index contributed by atoms with van der Waals surface area (Å²) in [6.45, 7) is 5.87. The molecule has 0 aliphatic rings. The van der Waals surface area contributed by atoms with E-state index in [0.29, 0.717) is 0 Å². The smallest absolute Gasteiger partial charge is 0.234 e. The Morgan fingerprint density at radius 3 is 1.88 bits per heavy atom. The Hall–Kier alpha value is -3.05. The van der Waals surface area contributed by atoms with E-state index in [1.165, 1.54) is 11.8 Å². The van der Waals surface area contributed by atoms with Gasteiger partial charge >= 0.3 is 0 Å². The van der Waals surface area contributed by atoms with Crippen molar-refractivity contribution in [1.29, 1.82) is 0 Å². The minimum atomic E-state index is -0.339. The summed E-state index contributed by atoms with van der Waals surface area (Å²) in [6, 6.07) is 28.0. The van der Waals surface area contributed by atoms with Crippen LogP contribution in [0.2, 0.25) is 0 Å². The fourth-order valence-corrected chi connectivity index (χ4v) is 4.32. The molecular formula is C27H30N2O2S. The van der Waals surface area contributed by atoms with Crippen molar-refractivity contribution in [2.24, 2.45) is 0 Å². The summed E-state index contributed by atoms with van der Waals surface area (Å²) >= 11 is 1.34. The maximum absolute atomic E-state index is 12.9. The van der Waals surface area contributed by atoms with Crippen molar-refractivity contribution in [3.63, 3.8) is 0 Å². The van der Waals surface area contributed by atoms with Crippen LogP contribution in [0, 0.1) is 6.92 Å². The predicted molar refractivity (Wildman–Crippen MR) is 134 cm³/mol. The molecule has 32 heavy (non-hydrogen) atoms. The molecule has 0 bridgehead atoms. The van der Waals surface area contributed by atoms with Crippen molar-refractivity contribution < 1.29 is 9.59 Å². The summed E-state index contributed by atoms with van der Waals surface area (Å²) in [4.78, 5) is 25.1. The zero-order chi connectivity index (χ0) is 22.9. The van der Waals surface area contributed by atoms with Gasteiger partial charge in [-0.15, -0.1) is 11.8 Å². The molecular weight excluding hydrogens is 416 g/mol. The first-order chi connectivity index (χ1) is 15.4. The van der Waals surface area contributed by atoms with E-state index in [4.69, 9.17) is 0 Å². The van der Waals surface area contributed by atoms with Crippen LogP contribution >= 0.6 is 11.8 Å². The standard InChI is InChI=1S/C27H30N2O2S/c1-19-14-16-24(17-15-19)29-25(30)18-32-21(3)27(31)28-20(2)26(22-10-6-4-7-11-22)23-12-8-5-9-13-23/h4-17,20-21,26H,18H2,1-3H3,(H,28,31)(H,29,30). The molecule has 2 unspecified atom stereocenters. The number of hydrogen-bond donors (Lipinski definition) is 2. The number of aryl methyl sites for hydroxylation is 1. The van der Waals surface area contributed by atoms with E-state index in [2.05, 4.69) is 34.9 Å². The van der Waals surface area contributed by atoms with Gasteiger partial charge in [0.1, 0.15) is 0 Å². The van der Waals surface area contributed by atoms with E-state index in [9.17, 15) is 9.59 Å². The molecule has 5 heteroatoms. The fourth-order valence-electron chi connectivity index (χ4n) is 3.63. The molecule has 0 spiro atoms. The van der Waals surface area contributed by atoms with Crippen LogP contribution in [0.3, 0.4) is 0 Å². The lowest BCUT2D eigenvalue weighted by Gasteiger charge is -2.27. The van der Waals surface area contributed by atoms with E-state index < -0.39 is 0 Å². The van der Waals surface area contributed by atoms with Gasteiger partial charge in [0, 0.05) is 17.6 Å². The molecule has 0 fully saturated rings. The Bertz CT molecular complexity index is 967. The van der Waals surface area contributed by atoms with Gasteiger partial charge in [0.25, 0.3) is 0 Å². The molecule has 3 aromatic rings. The van der Waals surface area contributed by atoms with E-state index in [1.54, 1.807) is 0 Å². The molecule has 166 valence electrons. The molecule has 0 saturated heterocycles. The van der Waals surface area contributed by atoms with Crippen LogP contribution < -0.4 is 10.6 Å². The van der Waals surface area contributed by atoms with Crippen molar-refractivity contribution in [2.45, 2.75) is 38.0 Å². The average Bonchev–Trinajstić information content (AvgIpc) is 2.80. The average molecular weight is 447 g/mol. The molecule has 0 heterocycles. The Labute approximate surface area is 194 Å². The summed E-state index contributed by atoms with van der Waals surface area (Å²) in [6.07, 6.45) is 0. The quantitative estimate of drug-likeness (QED) is 0.463. The third kappa shape index (κ3) is 6.72. The first-order valence-electron chi connectivity index (χ1n) is 10.8. The lowest BCUT2D eigenvalue weighted by molar-refractivity contribution is -0.121. The largest absolute Gasteiger partial charge is 0.352 e. The summed E-state index contributed by atoms with van der Waals surface area (Å²) in [5.74, 6) is 0.0846. The fraction of sp³-hybridized carbons (Fsp3) is 0.259. The van der Waals surface area contributed by atoms with Gasteiger partial charge in [-0.05, 0) is 44.0 Å². The zero-order valence-electron chi connectivity index (χ0n) is 18.7. The number of rotatable bonds is 9. The number of nitrogens with one attached hydrogen (secondary N) is 2. The molecule has 3 aromatic carbocycles. The Kier molecular flexibility index (Phi) is 8.51. The van der Waals surface area contributed by atoms with Crippen LogP contribution in [0.5, 0.6) is 0 Å². The molecule has 2 N–H and O–H groups in total. The van der Waals surface area contributed by atoms with Crippen LogP contribution in [-0.2, 0) is 9.59 Å². The minimum Gasteiger partial charge on any atom is -0.352 e. The van der Waals surface area contributed by atoms with Gasteiger partial charge in [0.15, 0.2) is 0 Å². The van der Waals surface area contributed by atoms with Crippen molar-refractivity contribution >= 4 is 29.3 Å². The lowest BCUT2D eigenvalue weighted by Crippen LogP contribution is -2.41. The summed E-state index contributed by atoms with van der Waals surface area (Å²) in [5, 5.41) is 5.70. The Morgan fingerprint density at radius 1 is 0.812 bits per heavy atom. The van der Waals surface area contributed by atoms with Gasteiger partial charge in [-0.2, -0.15) is 0 Å². The minimum absolute atomic E-state index is 0.0448. The number of carbonyl (C=O) groups excluding carboxylic acids is 2. The first-order valence-corrected chi connectivity index (χ1v) is 11.9. The number of amides is 2. The molecule has 2 amide bonds. The van der Waals surface area contributed by atoms with Gasteiger partial charge < -0.3 is 10.6 Å². The Balaban J connectivity index is 1.58. The van der Waals surface area contributed by atoms with Crippen molar-refractivity contribution in [2.75, 3.05) is 11.1 Å². The number of benzene rings is 3. The second kappa shape index (κ2) is 11.5. The second-order valence-electron chi connectivity index (χ2n) is 7.96. The van der Waals surface area contributed by atoms with E-state index in [1.807, 2.05) is 81.4 Å². The predicted octanol–water partition coefficient (Wildman–Crippen LogP) is 5.39. The van der Waals surface area contributed by atoms with Crippen LogP contribution in [0.15, 0.2) is 84.9 Å². The van der Waals surface area contributed by atoms with Crippen molar-refractivity contribution in [3.05, 3.63) is 102 Å². The zero-order valence-corrected chi connectivity index (χ0v) is 19.6. The van der Waals surface area contributed by atoms with Crippen LogP contribution in [0.1, 0.15) is 36.5 Å². The maximum Gasteiger partial charge on any atom is 0.234 e. The van der Waals surface area contributed by atoms with Gasteiger partial charge in [0.05, 0.1) is 11.0 Å². The molecule has 0 aromatic heterocycles. The van der Waals surface area contributed by atoms with Crippen LogP contribution in [0.4, 0.5) is 5.69 Å². The first kappa shape index (κ1) is 23.6. The molecule has 3 rings (SSSR count). The highest BCUT2D eigenvalue weighted by Gasteiger charge is 2.25. The topological polar surface area (TPSA) is 58.2 Å². The number of hydrogen-bond acceptors (Lipinski definition) is 3. The van der Waals surface area contributed by atoms with E-state index >= 15 is 0 Å². The summed E-state index contributed by atoms with van der Waals surface area (Å²) in [7, 11) is 0. The SMILES string of the molecule is Cc1ccc(NC(=O)CSC(C)C(=O)NC(C)C(c2ccccc2)c2ccccc2)cc1. The van der Waals surface area contributed by atoms with Gasteiger partial charge in [-0.25, -0.2) is 0 Å². The van der Waals surface area contributed by atoms with E-state index in [-0.39, 0.29) is 34.8 Å². The molecule has 0 aliphatic heterocycles. The van der Waals surface area contributed by atoms with Crippen molar-refractivity contribution in [1.82, 2.24) is 5.32 Å². The monoisotopic (exact) mass is 446 g/mol. The summed E-state index contributed by atoms with van der Waals surface area (Å²) in [5.41, 5.74) is 4.22. The lowest BCUT2D eigenvalue weighted by atomic mass is 9.86. The van der Waals surface area contributed by atoms with Gasteiger partial charge in [-0.3, -0.25) is 9.59 Å². The molecule has 0 saturated carbocycles.